The number of likely N-dealkylation sites (tertiary alicyclic amines) is 1. The summed E-state index contributed by atoms with van der Waals surface area (Å²) in [6.45, 7) is 4.65. The Labute approximate surface area is 200 Å². The molecule has 8 heteroatoms. The summed E-state index contributed by atoms with van der Waals surface area (Å²) in [5.74, 6) is 1.57. The van der Waals surface area contributed by atoms with Crippen molar-refractivity contribution in [2.75, 3.05) is 30.7 Å². The van der Waals surface area contributed by atoms with Crippen molar-refractivity contribution in [3.05, 3.63) is 71.4 Å². The lowest BCUT2D eigenvalue weighted by atomic mass is 10.1. The maximum absolute atomic E-state index is 12.8. The smallest absolute Gasteiger partial charge is 0.230 e. The Hall–Kier alpha value is -3.23. The Kier molecular flexibility index (Phi) is 6.34. The molecule has 0 spiro atoms. The maximum atomic E-state index is 12.8. The number of aromatic nitrogens is 2. The van der Waals surface area contributed by atoms with Crippen molar-refractivity contribution in [2.45, 2.75) is 31.1 Å². The van der Waals surface area contributed by atoms with Gasteiger partial charge in [-0.15, -0.1) is 0 Å². The fraction of sp³-hybridized carbons (Fsp3) is 0.308. The summed E-state index contributed by atoms with van der Waals surface area (Å²) in [6.07, 6.45) is 7.04. The lowest BCUT2D eigenvalue weighted by Crippen LogP contribution is -2.26. The summed E-state index contributed by atoms with van der Waals surface area (Å²) < 4.78 is 31.6. The van der Waals surface area contributed by atoms with Crippen molar-refractivity contribution in [1.82, 2.24) is 14.9 Å². The van der Waals surface area contributed by atoms with Crippen LogP contribution in [0.4, 0.5) is 11.6 Å². The minimum atomic E-state index is -3.37. The van der Waals surface area contributed by atoms with Crippen LogP contribution in [0.25, 0.3) is 6.08 Å². The molecule has 7 nitrogen and oxygen atoms in total. The highest BCUT2D eigenvalue weighted by molar-refractivity contribution is 7.91. The number of hydrogen-bond acceptors (Lipinski definition) is 7. The van der Waals surface area contributed by atoms with E-state index < -0.39 is 9.84 Å². The van der Waals surface area contributed by atoms with Gasteiger partial charge >= 0.3 is 0 Å². The van der Waals surface area contributed by atoms with Gasteiger partial charge in [-0.1, -0.05) is 23.8 Å². The molecule has 2 heterocycles. The molecule has 3 aromatic rings. The largest absolute Gasteiger partial charge is 0.439 e. The van der Waals surface area contributed by atoms with Crippen LogP contribution in [0.2, 0.25) is 0 Å². The molecule has 176 valence electrons. The molecule has 1 fully saturated rings. The number of anilines is 2. The maximum Gasteiger partial charge on any atom is 0.230 e. The molecule has 0 amide bonds. The van der Waals surface area contributed by atoms with E-state index in [9.17, 15) is 8.42 Å². The molecular weight excluding hydrogens is 448 g/mol. The number of benzene rings is 2. The van der Waals surface area contributed by atoms with Crippen molar-refractivity contribution in [2.24, 2.45) is 0 Å². The van der Waals surface area contributed by atoms with Crippen LogP contribution in [-0.2, 0) is 16.3 Å². The zero-order valence-corrected chi connectivity index (χ0v) is 20.0. The molecule has 34 heavy (non-hydrogen) atoms. The van der Waals surface area contributed by atoms with Gasteiger partial charge in [0.05, 0.1) is 10.6 Å². The summed E-state index contributed by atoms with van der Waals surface area (Å²) in [6, 6.07) is 14.5. The van der Waals surface area contributed by atoms with Crippen LogP contribution >= 0.6 is 0 Å². The average Bonchev–Trinajstić information content (AvgIpc) is 3.47. The lowest BCUT2D eigenvalue weighted by Gasteiger charge is -2.14. The van der Waals surface area contributed by atoms with E-state index in [-0.39, 0.29) is 5.75 Å². The van der Waals surface area contributed by atoms with Gasteiger partial charge in [-0.05, 0) is 80.7 Å². The number of nitrogens with zero attached hydrogens (tertiary/aromatic N) is 3. The van der Waals surface area contributed by atoms with Crippen LogP contribution in [0.1, 0.15) is 30.9 Å². The highest BCUT2D eigenvalue weighted by atomic mass is 32.2. The fourth-order valence-corrected chi connectivity index (χ4v) is 5.73. The first-order valence-electron chi connectivity index (χ1n) is 11.6. The SMILES string of the molecule is CC1=Cc2cc(Oc3ccnc(Nc4cccc(S(=O)(=O)CCN5CCCC5)c4)n3)ccc2C1. The third-order valence-corrected chi connectivity index (χ3v) is 7.86. The van der Waals surface area contributed by atoms with Gasteiger partial charge in [-0.2, -0.15) is 4.98 Å². The second-order valence-corrected chi connectivity index (χ2v) is 11.0. The zero-order chi connectivity index (χ0) is 23.5. The molecule has 1 N–H and O–H groups in total. The molecule has 1 aliphatic heterocycles. The van der Waals surface area contributed by atoms with Gasteiger partial charge in [0.25, 0.3) is 0 Å². The van der Waals surface area contributed by atoms with Crippen LogP contribution in [-0.4, -0.2) is 48.7 Å². The quantitative estimate of drug-likeness (QED) is 0.498. The predicted octanol–water partition coefficient (Wildman–Crippen LogP) is 4.84. The van der Waals surface area contributed by atoms with Crippen LogP contribution in [0.15, 0.2) is 65.2 Å². The molecule has 1 aromatic heterocycles. The predicted molar refractivity (Wildman–Crippen MR) is 133 cm³/mol. The number of rotatable bonds is 8. The second kappa shape index (κ2) is 9.56. The number of sulfone groups is 1. The molecule has 0 saturated carbocycles. The van der Waals surface area contributed by atoms with E-state index in [2.05, 4.69) is 39.3 Å². The van der Waals surface area contributed by atoms with Crippen molar-refractivity contribution in [3.8, 4) is 11.6 Å². The second-order valence-electron chi connectivity index (χ2n) is 8.87. The molecule has 1 saturated heterocycles. The fourth-order valence-electron chi connectivity index (χ4n) is 4.40. The third-order valence-electron chi connectivity index (χ3n) is 6.17. The summed E-state index contributed by atoms with van der Waals surface area (Å²) >= 11 is 0. The zero-order valence-electron chi connectivity index (χ0n) is 19.2. The molecule has 0 bridgehead atoms. The van der Waals surface area contributed by atoms with E-state index in [4.69, 9.17) is 4.74 Å². The summed E-state index contributed by atoms with van der Waals surface area (Å²) in [5.41, 5.74) is 4.41. The first-order valence-corrected chi connectivity index (χ1v) is 13.2. The third kappa shape index (κ3) is 5.29. The number of hydrogen-bond donors (Lipinski definition) is 1. The van der Waals surface area contributed by atoms with E-state index in [0.717, 1.165) is 32.4 Å². The Morgan fingerprint density at radius 3 is 2.79 bits per heavy atom. The number of fused-ring (bicyclic) bond motifs is 1. The monoisotopic (exact) mass is 476 g/mol. The first kappa shape index (κ1) is 22.6. The summed E-state index contributed by atoms with van der Waals surface area (Å²) in [7, 11) is -3.37. The van der Waals surface area contributed by atoms with Gasteiger partial charge in [-0.25, -0.2) is 13.4 Å². The van der Waals surface area contributed by atoms with Gasteiger partial charge in [-0.3, -0.25) is 0 Å². The molecule has 2 aliphatic rings. The Bertz CT molecular complexity index is 1330. The molecule has 0 unspecified atom stereocenters. The van der Waals surface area contributed by atoms with Gasteiger partial charge in [0.15, 0.2) is 9.84 Å². The van der Waals surface area contributed by atoms with Crippen molar-refractivity contribution in [3.63, 3.8) is 0 Å². The molecule has 0 atom stereocenters. The van der Waals surface area contributed by atoms with E-state index in [1.807, 2.05) is 12.1 Å². The summed E-state index contributed by atoms with van der Waals surface area (Å²) in [4.78, 5) is 11.2. The normalized spacial score (nSPS) is 15.7. The molecule has 0 radical (unpaired) electrons. The van der Waals surface area contributed by atoms with Crippen LogP contribution < -0.4 is 10.1 Å². The van der Waals surface area contributed by atoms with E-state index in [1.54, 1.807) is 36.5 Å². The molecule has 1 aliphatic carbocycles. The number of allylic oxidation sites excluding steroid dienone is 1. The highest BCUT2D eigenvalue weighted by Crippen LogP contribution is 2.30. The van der Waals surface area contributed by atoms with Crippen LogP contribution in [0.3, 0.4) is 0 Å². The highest BCUT2D eigenvalue weighted by Gasteiger charge is 2.19. The Morgan fingerprint density at radius 2 is 1.94 bits per heavy atom. The van der Waals surface area contributed by atoms with Crippen LogP contribution in [0, 0.1) is 0 Å². The standard InChI is InChI=1S/C26H28N4O3S/c1-19-15-20-7-8-23(17-21(20)16-19)33-25-9-10-27-26(29-25)28-22-5-4-6-24(18-22)34(31,32)14-13-30-11-2-3-12-30/h4-10,16-18H,2-3,11-15H2,1H3,(H,27,28,29). The van der Waals surface area contributed by atoms with Gasteiger partial charge < -0.3 is 15.0 Å². The van der Waals surface area contributed by atoms with Crippen molar-refractivity contribution in [1.29, 1.82) is 0 Å². The number of ether oxygens (including phenoxy) is 1. The minimum absolute atomic E-state index is 0.117. The van der Waals surface area contributed by atoms with Gasteiger partial charge in [0, 0.05) is 24.5 Å². The first-order chi connectivity index (χ1) is 16.4. The average molecular weight is 477 g/mol. The van der Waals surface area contributed by atoms with Crippen molar-refractivity contribution < 1.29 is 13.2 Å². The molecule has 2 aromatic carbocycles. The van der Waals surface area contributed by atoms with Gasteiger partial charge in [0.1, 0.15) is 5.75 Å². The molecule has 5 rings (SSSR count). The molecular formula is C26H28N4O3S. The van der Waals surface area contributed by atoms with E-state index in [1.165, 1.54) is 16.7 Å². The number of nitrogens with one attached hydrogen (secondary N) is 1. The van der Waals surface area contributed by atoms with Crippen LogP contribution in [0.5, 0.6) is 11.6 Å². The van der Waals surface area contributed by atoms with Gasteiger partial charge in [0.2, 0.25) is 11.8 Å². The van der Waals surface area contributed by atoms with E-state index >= 15 is 0 Å². The topological polar surface area (TPSA) is 84.4 Å². The van der Waals surface area contributed by atoms with E-state index in [0.29, 0.717) is 34.7 Å². The summed E-state index contributed by atoms with van der Waals surface area (Å²) in [5, 5.41) is 3.10. The Balaban J connectivity index is 1.27. The Morgan fingerprint density at radius 1 is 1.09 bits per heavy atom. The minimum Gasteiger partial charge on any atom is -0.439 e. The lowest BCUT2D eigenvalue weighted by molar-refractivity contribution is 0.359. The van der Waals surface area contributed by atoms with Crippen molar-refractivity contribution >= 4 is 27.5 Å².